The van der Waals surface area contributed by atoms with E-state index in [-0.39, 0.29) is 22.7 Å². The number of esters is 1. The van der Waals surface area contributed by atoms with Crippen LogP contribution in [-0.4, -0.2) is 32.2 Å². The van der Waals surface area contributed by atoms with Gasteiger partial charge in [0.25, 0.3) is 5.91 Å². The zero-order valence-electron chi connectivity index (χ0n) is 15.1. The van der Waals surface area contributed by atoms with Gasteiger partial charge < -0.3 is 19.5 Å². The molecule has 0 unspecified atom stereocenters. The van der Waals surface area contributed by atoms with Gasteiger partial charge in [0.2, 0.25) is 0 Å². The van der Waals surface area contributed by atoms with Gasteiger partial charge in [-0.3, -0.25) is 4.79 Å². The van der Waals surface area contributed by atoms with Crippen LogP contribution < -0.4 is 14.8 Å². The van der Waals surface area contributed by atoms with Crippen molar-refractivity contribution < 1.29 is 45.8 Å². The largest absolute Gasteiger partial charge is 0.493 e. The van der Waals surface area contributed by atoms with E-state index in [1.165, 1.54) is 0 Å². The molecule has 0 aliphatic carbocycles. The average Bonchev–Trinajstić information content (AvgIpc) is 2.66. The summed E-state index contributed by atoms with van der Waals surface area (Å²) >= 11 is 5.49. The molecule has 1 amide bonds. The Kier molecular flexibility index (Phi) is 7.43. The molecule has 0 heterocycles. The molecule has 12 heteroatoms. The predicted molar refractivity (Wildman–Crippen MR) is 95.0 cm³/mol. The lowest BCUT2D eigenvalue weighted by Crippen LogP contribution is -2.21. The first-order valence-electron chi connectivity index (χ1n) is 7.98. The zero-order valence-corrected chi connectivity index (χ0v) is 15.8. The first kappa shape index (κ1) is 23.2. The van der Waals surface area contributed by atoms with Crippen molar-refractivity contribution in [2.24, 2.45) is 0 Å². The summed E-state index contributed by atoms with van der Waals surface area (Å²) in [4.78, 5) is 23.9. The fourth-order valence-corrected chi connectivity index (χ4v) is 2.44. The monoisotopic (exact) mass is 453 g/mol. The average molecular weight is 454 g/mol. The number of carbonyl (C=O) groups excluding carboxylic acids is 2. The van der Waals surface area contributed by atoms with Crippen LogP contribution in [-0.2, 0) is 15.7 Å². The number of ether oxygens (including phenoxy) is 3. The number of benzene rings is 2. The van der Waals surface area contributed by atoms with Crippen molar-refractivity contribution >= 4 is 29.2 Å². The molecule has 0 saturated heterocycles. The van der Waals surface area contributed by atoms with E-state index in [4.69, 9.17) is 21.1 Å². The Labute approximate surface area is 171 Å². The fourth-order valence-electron chi connectivity index (χ4n) is 2.22. The molecule has 2 aromatic carbocycles. The lowest BCUT2D eigenvalue weighted by atomic mass is 10.2. The normalized spacial score (nSPS) is 11.2. The van der Waals surface area contributed by atoms with E-state index >= 15 is 0 Å². The highest BCUT2D eigenvalue weighted by Gasteiger charge is 2.33. The summed E-state index contributed by atoms with van der Waals surface area (Å²) < 4.78 is 77.0. The van der Waals surface area contributed by atoms with Gasteiger partial charge in [-0.25, -0.2) is 4.79 Å². The van der Waals surface area contributed by atoms with Crippen molar-refractivity contribution in [3.63, 3.8) is 0 Å². The van der Waals surface area contributed by atoms with E-state index in [0.29, 0.717) is 6.07 Å². The second kappa shape index (κ2) is 9.61. The third-order valence-electron chi connectivity index (χ3n) is 3.51. The molecule has 0 bridgehead atoms. The smallest absolute Gasteiger partial charge is 0.417 e. The highest BCUT2D eigenvalue weighted by molar-refractivity contribution is 6.31. The van der Waals surface area contributed by atoms with E-state index in [1.54, 1.807) is 0 Å². The van der Waals surface area contributed by atoms with Crippen LogP contribution in [0.4, 0.5) is 27.6 Å². The summed E-state index contributed by atoms with van der Waals surface area (Å²) in [5.41, 5.74) is -1.48. The van der Waals surface area contributed by atoms with Crippen molar-refractivity contribution in [1.82, 2.24) is 0 Å². The molecule has 0 fully saturated rings. The van der Waals surface area contributed by atoms with Crippen LogP contribution >= 0.6 is 11.6 Å². The van der Waals surface area contributed by atoms with Crippen LogP contribution in [0.1, 0.15) is 15.9 Å². The second-order valence-corrected chi connectivity index (χ2v) is 5.97. The molecular weight excluding hydrogens is 441 g/mol. The lowest BCUT2D eigenvalue weighted by molar-refractivity contribution is -0.137. The number of carbonyl (C=O) groups is 2. The molecule has 0 radical (unpaired) electrons. The molecule has 0 aliphatic rings. The maximum Gasteiger partial charge on any atom is 0.417 e. The van der Waals surface area contributed by atoms with Gasteiger partial charge in [0, 0.05) is 5.69 Å². The van der Waals surface area contributed by atoms with Gasteiger partial charge in [0.1, 0.15) is 0 Å². The SMILES string of the molecule is COc1cc(C(=O)OCC(=O)Nc2ccc(Cl)c(C(F)(F)F)c2)ccc1OC(F)F. The Hall–Kier alpha value is -3.08. The number of anilines is 1. The van der Waals surface area contributed by atoms with E-state index in [1.807, 2.05) is 0 Å². The molecular formula is C18H13ClF5NO5. The van der Waals surface area contributed by atoms with Gasteiger partial charge in [-0.2, -0.15) is 22.0 Å². The summed E-state index contributed by atoms with van der Waals surface area (Å²) in [6.45, 7) is -3.92. The van der Waals surface area contributed by atoms with Crippen LogP contribution in [0.15, 0.2) is 36.4 Å². The Morgan fingerprint density at radius 2 is 1.80 bits per heavy atom. The van der Waals surface area contributed by atoms with E-state index in [2.05, 4.69) is 10.1 Å². The number of amides is 1. The highest BCUT2D eigenvalue weighted by atomic mass is 35.5. The van der Waals surface area contributed by atoms with Gasteiger partial charge in [0.15, 0.2) is 18.1 Å². The van der Waals surface area contributed by atoms with Crippen molar-refractivity contribution in [2.75, 3.05) is 19.0 Å². The van der Waals surface area contributed by atoms with E-state index in [0.717, 1.165) is 37.4 Å². The quantitative estimate of drug-likeness (QED) is 0.483. The molecule has 0 aromatic heterocycles. The molecule has 162 valence electrons. The first-order chi connectivity index (χ1) is 14.0. The van der Waals surface area contributed by atoms with E-state index < -0.39 is 41.9 Å². The van der Waals surface area contributed by atoms with Gasteiger partial charge in [-0.1, -0.05) is 11.6 Å². The molecule has 0 saturated carbocycles. The number of methoxy groups -OCH3 is 1. The Bertz CT molecular complexity index is 936. The Morgan fingerprint density at radius 3 is 2.40 bits per heavy atom. The van der Waals surface area contributed by atoms with Gasteiger partial charge in [-0.15, -0.1) is 0 Å². The number of hydrogen-bond donors (Lipinski definition) is 1. The van der Waals surface area contributed by atoms with Gasteiger partial charge >= 0.3 is 18.8 Å². The molecule has 0 spiro atoms. The van der Waals surface area contributed by atoms with Crippen LogP contribution in [0, 0.1) is 0 Å². The summed E-state index contributed by atoms with van der Waals surface area (Å²) in [5.74, 6) is -2.40. The van der Waals surface area contributed by atoms with Crippen molar-refractivity contribution in [2.45, 2.75) is 12.8 Å². The van der Waals surface area contributed by atoms with Crippen molar-refractivity contribution in [3.8, 4) is 11.5 Å². The van der Waals surface area contributed by atoms with Gasteiger partial charge in [-0.05, 0) is 36.4 Å². The standard InChI is InChI=1S/C18H13ClF5NO5/c1-28-14-6-9(2-5-13(14)30-17(20)21)16(27)29-8-15(26)25-10-3-4-12(19)11(7-10)18(22,23)24/h2-7,17H,8H2,1H3,(H,25,26). The summed E-state index contributed by atoms with van der Waals surface area (Å²) in [6.07, 6.45) is -4.72. The molecule has 6 nitrogen and oxygen atoms in total. The van der Waals surface area contributed by atoms with Gasteiger partial charge in [0.05, 0.1) is 23.3 Å². The Morgan fingerprint density at radius 1 is 1.10 bits per heavy atom. The van der Waals surface area contributed by atoms with Crippen molar-refractivity contribution in [3.05, 3.63) is 52.5 Å². The topological polar surface area (TPSA) is 73.9 Å². The lowest BCUT2D eigenvalue weighted by Gasteiger charge is -2.12. The minimum Gasteiger partial charge on any atom is -0.493 e. The number of rotatable bonds is 7. The predicted octanol–water partition coefficient (Wildman–Crippen LogP) is 4.76. The third-order valence-corrected chi connectivity index (χ3v) is 3.83. The summed E-state index contributed by atoms with van der Waals surface area (Å²) in [6, 6.07) is 5.95. The number of halogens is 6. The second-order valence-electron chi connectivity index (χ2n) is 5.56. The minimum atomic E-state index is -4.72. The molecule has 2 rings (SSSR count). The molecule has 30 heavy (non-hydrogen) atoms. The molecule has 0 aliphatic heterocycles. The third kappa shape index (κ3) is 6.21. The molecule has 0 atom stereocenters. The molecule has 2 aromatic rings. The van der Waals surface area contributed by atoms with Crippen LogP contribution in [0.5, 0.6) is 11.5 Å². The minimum absolute atomic E-state index is 0.132. The summed E-state index contributed by atoms with van der Waals surface area (Å²) in [7, 11) is 1.16. The fraction of sp³-hybridized carbons (Fsp3) is 0.222. The Balaban J connectivity index is 2.00. The van der Waals surface area contributed by atoms with Crippen molar-refractivity contribution in [1.29, 1.82) is 0 Å². The maximum absolute atomic E-state index is 12.8. The summed E-state index contributed by atoms with van der Waals surface area (Å²) in [5, 5.41) is 1.60. The van der Waals surface area contributed by atoms with Crippen LogP contribution in [0.3, 0.4) is 0 Å². The first-order valence-corrected chi connectivity index (χ1v) is 8.35. The van der Waals surface area contributed by atoms with Crippen LogP contribution in [0.2, 0.25) is 5.02 Å². The number of alkyl halides is 5. The maximum atomic E-state index is 12.8. The zero-order chi connectivity index (χ0) is 22.5. The van der Waals surface area contributed by atoms with Crippen LogP contribution in [0.25, 0.3) is 0 Å². The number of hydrogen-bond acceptors (Lipinski definition) is 5. The highest BCUT2D eigenvalue weighted by Crippen LogP contribution is 2.36. The number of nitrogens with one attached hydrogen (secondary N) is 1. The molecule has 1 N–H and O–H groups in total. The van der Waals surface area contributed by atoms with E-state index in [9.17, 15) is 31.5 Å².